The fourth-order valence-electron chi connectivity index (χ4n) is 1.33. The van der Waals surface area contributed by atoms with E-state index in [2.05, 4.69) is 4.74 Å². The Bertz CT molecular complexity index is 365. The van der Waals surface area contributed by atoms with E-state index in [0.717, 1.165) is 0 Å². The van der Waals surface area contributed by atoms with Gasteiger partial charge in [-0.1, -0.05) is 30.3 Å². The fourth-order valence-corrected chi connectivity index (χ4v) is 1.33. The molecule has 1 N–H and O–H groups in total. The normalized spacial score (nSPS) is 13.2. The van der Waals surface area contributed by atoms with Gasteiger partial charge in [0.2, 0.25) is 0 Å². The molecule has 0 aliphatic rings. The molecule has 0 heterocycles. The van der Waals surface area contributed by atoms with Crippen molar-refractivity contribution in [2.75, 3.05) is 6.61 Å². The number of benzene rings is 1. The first-order valence-electron chi connectivity index (χ1n) is 5.25. The van der Waals surface area contributed by atoms with E-state index < -0.39 is 18.0 Å². The van der Waals surface area contributed by atoms with Crippen LogP contribution in [0.5, 0.6) is 0 Å². The molecule has 0 saturated heterocycles. The Balaban J connectivity index is 2.69. The minimum atomic E-state index is -3.88. The van der Waals surface area contributed by atoms with Gasteiger partial charge >= 0.3 is 11.9 Å². The Kier molecular flexibility index (Phi) is 4.57. The van der Waals surface area contributed by atoms with E-state index in [1.54, 1.807) is 30.3 Å². The number of hydrogen-bond donors (Lipinski definition) is 1. The molecule has 0 unspecified atom stereocenters. The number of carbonyl (C=O) groups is 1. The van der Waals surface area contributed by atoms with Crippen molar-refractivity contribution in [1.82, 2.24) is 0 Å². The molecule has 0 fully saturated rings. The SMILES string of the molecule is CCOC(=O)C(F)(F)[C@H](O)Cc1ccccc1. The molecule has 0 radical (unpaired) electrons. The molecule has 0 amide bonds. The molecule has 1 aromatic rings. The van der Waals surface area contributed by atoms with Gasteiger partial charge in [0.15, 0.2) is 0 Å². The minimum Gasteiger partial charge on any atom is -0.461 e. The molecule has 0 aromatic heterocycles. The topological polar surface area (TPSA) is 46.5 Å². The highest BCUT2D eigenvalue weighted by Gasteiger charge is 2.47. The van der Waals surface area contributed by atoms with Gasteiger partial charge in [-0.2, -0.15) is 8.78 Å². The van der Waals surface area contributed by atoms with Crippen LogP contribution in [-0.4, -0.2) is 29.7 Å². The van der Waals surface area contributed by atoms with E-state index in [1.165, 1.54) is 6.92 Å². The number of rotatable bonds is 5. The summed E-state index contributed by atoms with van der Waals surface area (Å²) in [6.45, 7) is 1.28. The van der Waals surface area contributed by atoms with Gasteiger partial charge in [-0.15, -0.1) is 0 Å². The molecule has 94 valence electrons. The van der Waals surface area contributed by atoms with Gasteiger partial charge in [-0.25, -0.2) is 4.79 Å². The number of carbonyl (C=O) groups excluding carboxylic acids is 1. The summed E-state index contributed by atoms with van der Waals surface area (Å²) in [7, 11) is 0. The van der Waals surface area contributed by atoms with Crippen molar-refractivity contribution >= 4 is 5.97 Å². The Labute approximate surface area is 98.0 Å². The van der Waals surface area contributed by atoms with Crippen molar-refractivity contribution in [3.05, 3.63) is 35.9 Å². The lowest BCUT2D eigenvalue weighted by Gasteiger charge is -2.20. The molecular weight excluding hydrogens is 230 g/mol. The second-order valence-corrected chi connectivity index (χ2v) is 3.55. The summed E-state index contributed by atoms with van der Waals surface area (Å²) in [4.78, 5) is 11.0. The van der Waals surface area contributed by atoms with Gasteiger partial charge in [-0.3, -0.25) is 0 Å². The molecular formula is C12H14F2O3. The summed E-state index contributed by atoms with van der Waals surface area (Å²) >= 11 is 0. The second-order valence-electron chi connectivity index (χ2n) is 3.55. The largest absolute Gasteiger partial charge is 0.461 e. The van der Waals surface area contributed by atoms with E-state index in [0.29, 0.717) is 5.56 Å². The van der Waals surface area contributed by atoms with Crippen LogP contribution in [0.2, 0.25) is 0 Å². The maximum atomic E-state index is 13.4. The van der Waals surface area contributed by atoms with E-state index in [-0.39, 0.29) is 13.0 Å². The lowest BCUT2D eigenvalue weighted by Crippen LogP contribution is -2.43. The third-order valence-corrected chi connectivity index (χ3v) is 2.24. The summed E-state index contributed by atoms with van der Waals surface area (Å²) in [6.07, 6.45) is -2.38. The van der Waals surface area contributed by atoms with Gasteiger partial charge in [0, 0.05) is 6.42 Å². The molecule has 3 nitrogen and oxygen atoms in total. The first kappa shape index (κ1) is 13.6. The van der Waals surface area contributed by atoms with Gasteiger partial charge in [0.05, 0.1) is 6.61 Å². The van der Waals surface area contributed by atoms with E-state index in [9.17, 15) is 18.7 Å². The molecule has 1 aromatic carbocycles. The summed E-state index contributed by atoms with van der Waals surface area (Å²) < 4.78 is 30.9. The molecule has 1 rings (SSSR count). The minimum absolute atomic E-state index is 0.146. The first-order chi connectivity index (χ1) is 7.98. The Hall–Kier alpha value is -1.49. The van der Waals surface area contributed by atoms with Crippen LogP contribution in [0.4, 0.5) is 8.78 Å². The number of esters is 1. The average Bonchev–Trinajstić information content (AvgIpc) is 2.30. The molecule has 1 atom stereocenters. The van der Waals surface area contributed by atoms with Crippen LogP contribution in [0.15, 0.2) is 30.3 Å². The number of hydrogen-bond acceptors (Lipinski definition) is 3. The predicted molar refractivity (Wildman–Crippen MR) is 57.7 cm³/mol. The van der Waals surface area contributed by atoms with E-state index in [4.69, 9.17) is 0 Å². The van der Waals surface area contributed by atoms with Crippen molar-refractivity contribution in [3.63, 3.8) is 0 Å². The summed E-state index contributed by atoms with van der Waals surface area (Å²) in [5.74, 6) is -5.57. The molecule has 0 aliphatic carbocycles. The van der Waals surface area contributed by atoms with Gasteiger partial charge in [-0.05, 0) is 12.5 Å². The first-order valence-corrected chi connectivity index (χ1v) is 5.25. The highest BCUT2D eigenvalue weighted by atomic mass is 19.3. The fraction of sp³-hybridized carbons (Fsp3) is 0.417. The predicted octanol–water partition coefficient (Wildman–Crippen LogP) is 1.79. The second kappa shape index (κ2) is 5.72. The van der Waals surface area contributed by atoms with Gasteiger partial charge in [0.1, 0.15) is 6.10 Å². The Morgan fingerprint density at radius 1 is 1.41 bits per heavy atom. The monoisotopic (exact) mass is 244 g/mol. The number of aliphatic hydroxyl groups excluding tert-OH is 1. The van der Waals surface area contributed by atoms with Gasteiger partial charge < -0.3 is 9.84 Å². The van der Waals surface area contributed by atoms with Gasteiger partial charge in [0.25, 0.3) is 0 Å². The zero-order valence-electron chi connectivity index (χ0n) is 9.40. The molecule has 17 heavy (non-hydrogen) atoms. The quantitative estimate of drug-likeness (QED) is 0.803. The highest BCUT2D eigenvalue weighted by molar-refractivity contribution is 5.78. The molecule has 0 bridgehead atoms. The molecule has 0 saturated carbocycles. The smallest absolute Gasteiger partial charge is 0.379 e. The van der Waals surface area contributed by atoms with E-state index in [1.807, 2.05) is 0 Å². The van der Waals surface area contributed by atoms with Crippen molar-refractivity contribution in [1.29, 1.82) is 0 Å². The lowest BCUT2D eigenvalue weighted by molar-refractivity contribution is -0.187. The number of halogens is 2. The third-order valence-electron chi connectivity index (χ3n) is 2.24. The number of aliphatic hydroxyl groups is 1. The molecule has 0 spiro atoms. The summed E-state index contributed by atoms with van der Waals surface area (Å²) in [5, 5.41) is 9.38. The zero-order valence-corrected chi connectivity index (χ0v) is 9.40. The maximum absolute atomic E-state index is 13.4. The van der Waals surface area contributed by atoms with Crippen LogP contribution in [0.1, 0.15) is 12.5 Å². The standard InChI is InChI=1S/C12H14F2O3/c1-2-17-11(16)12(13,14)10(15)8-9-6-4-3-5-7-9/h3-7,10,15H,2,8H2,1H3/t10-/m1/s1. The average molecular weight is 244 g/mol. The highest BCUT2D eigenvalue weighted by Crippen LogP contribution is 2.23. The van der Waals surface area contributed by atoms with Crippen LogP contribution in [0, 0.1) is 0 Å². The van der Waals surface area contributed by atoms with E-state index >= 15 is 0 Å². The molecule has 0 aliphatic heterocycles. The van der Waals surface area contributed by atoms with Crippen LogP contribution >= 0.6 is 0 Å². The van der Waals surface area contributed by atoms with Crippen LogP contribution < -0.4 is 0 Å². The van der Waals surface area contributed by atoms with Crippen LogP contribution in [-0.2, 0) is 16.0 Å². The van der Waals surface area contributed by atoms with Crippen LogP contribution in [0.3, 0.4) is 0 Å². The third kappa shape index (κ3) is 3.49. The van der Waals surface area contributed by atoms with Crippen molar-refractivity contribution in [2.45, 2.75) is 25.4 Å². The Morgan fingerprint density at radius 2 is 2.00 bits per heavy atom. The van der Waals surface area contributed by atoms with Crippen LogP contribution in [0.25, 0.3) is 0 Å². The zero-order chi connectivity index (χ0) is 12.9. The Morgan fingerprint density at radius 3 is 2.53 bits per heavy atom. The molecule has 5 heteroatoms. The summed E-state index contributed by atoms with van der Waals surface area (Å²) in [6, 6.07) is 8.28. The summed E-state index contributed by atoms with van der Waals surface area (Å²) in [5.41, 5.74) is 0.531. The lowest BCUT2D eigenvalue weighted by atomic mass is 10.0. The number of alkyl halides is 2. The maximum Gasteiger partial charge on any atom is 0.379 e. The van der Waals surface area contributed by atoms with Crippen molar-refractivity contribution in [2.24, 2.45) is 0 Å². The van der Waals surface area contributed by atoms with Crippen molar-refractivity contribution < 1.29 is 23.4 Å². The van der Waals surface area contributed by atoms with Crippen molar-refractivity contribution in [3.8, 4) is 0 Å². The number of ether oxygens (including phenoxy) is 1.